The molecule has 0 saturated heterocycles. The maximum Gasteiger partial charge on any atom is 0.139 e. The maximum atomic E-state index is 6.00. The third kappa shape index (κ3) is 2.16. The van der Waals surface area contributed by atoms with Crippen LogP contribution < -0.4 is 5.73 Å². The topological polar surface area (TPSA) is 61.7 Å². The summed E-state index contributed by atoms with van der Waals surface area (Å²) in [6.07, 6.45) is 7.51. The molecule has 2 heterocycles. The standard InChI is InChI=1S/C15H23N5/c1-10(16)8-12-11(2)18-19(3)15(12)20-9-17-13-6-4-5-7-14(13)20/h9-10H,4-8,16H2,1-3H3. The normalized spacial score (nSPS) is 16.2. The van der Waals surface area contributed by atoms with E-state index < -0.39 is 0 Å². The third-order valence-electron chi connectivity index (χ3n) is 4.10. The largest absolute Gasteiger partial charge is 0.328 e. The van der Waals surface area contributed by atoms with E-state index in [0.29, 0.717) is 0 Å². The van der Waals surface area contributed by atoms with E-state index in [-0.39, 0.29) is 6.04 Å². The lowest BCUT2D eigenvalue weighted by molar-refractivity contribution is 0.640. The van der Waals surface area contributed by atoms with E-state index >= 15 is 0 Å². The number of nitrogens with two attached hydrogens (primary N) is 1. The van der Waals surface area contributed by atoms with Crippen LogP contribution in [0.1, 0.15) is 42.4 Å². The monoisotopic (exact) mass is 273 g/mol. The molecule has 1 unspecified atom stereocenters. The van der Waals surface area contributed by atoms with E-state index in [9.17, 15) is 0 Å². The van der Waals surface area contributed by atoms with Crippen LogP contribution in [0.4, 0.5) is 0 Å². The Kier molecular flexibility index (Phi) is 3.38. The second-order valence-corrected chi connectivity index (χ2v) is 5.91. The Morgan fingerprint density at radius 3 is 2.85 bits per heavy atom. The quantitative estimate of drug-likeness (QED) is 0.925. The molecule has 0 spiro atoms. The van der Waals surface area contributed by atoms with Gasteiger partial charge in [-0.25, -0.2) is 4.98 Å². The van der Waals surface area contributed by atoms with E-state index in [2.05, 4.69) is 21.6 Å². The predicted octanol–water partition coefficient (Wildman–Crippen LogP) is 1.68. The Morgan fingerprint density at radius 2 is 2.10 bits per heavy atom. The summed E-state index contributed by atoms with van der Waals surface area (Å²) in [5.41, 5.74) is 10.9. The summed E-state index contributed by atoms with van der Waals surface area (Å²) in [6.45, 7) is 4.10. The molecule has 0 bridgehead atoms. The molecule has 2 aromatic heterocycles. The van der Waals surface area contributed by atoms with Gasteiger partial charge in [0.15, 0.2) is 0 Å². The highest BCUT2D eigenvalue weighted by Gasteiger charge is 2.22. The van der Waals surface area contributed by atoms with Gasteiger partial charge in [0.05, 0.1) is 11.4 Å². The van der Waals surface area contributed by atoms with Crippen LogP contribution in [0.5, 0.6) is 0 Å². The highest BCUT2D eigenvalue weighted by Crippen LogP contribution is 2.26. The number of hydrogen-bond donors (Lipinski definition) is 1. The van der Waals surface area contributed by atoms with E-state index in [1.807, 2.05) is 25.0 Å². The van der Waals surface area contributed by atoms with E-state index in [0.717, 1.165) is 30.8 Å². The first-order chi connectivity index (χ1) is 9.58. The average Bonchev–Trinajstić information content (AvgIpc) is 2.92. The fraction of sp³-hybridized carbons (Fsp3) is 0.600. The molecule has 1 atom stereocenters. The zero-order valence-electron chi connectivity index (χ0n) is 12.6. The molecular formula is C15H23N5. The smallest absolute Gasteiger partial charge is 0.139 e. The van der Waals surface area contributed by atoms with E-state index in [1.165, 1.54) is 29.8 Å². The van der Waals surface area contributed by atoms with Gasteiger partial charge < -0.3 is 5.73 Å². The summed E-state index contributed by atoms with van der Waals surface area (Å²) >= 11 is 0. The summed E-state index contributed by atoms with van der Waals surface area (Å²) in [5.74, 6) is 1.13. The molecule has 3 rings (SSSR count). The minimum absolute atomic E-state index is 0.135. The summed E-state index contributed by atoms with van der Waals surface area (Å²) in [7, 11) is 2.00. The van der Waals surface area contributed by atoms with Crippen LogP contribution in [-0.2, 0) is 26.3 Å². The van der Waals surface area contributed by atoms with Gasteiger partial charge in [-0.3, -0.25) is 9.25 Å². The zero-order valence-corrected chi connectivity index (χ0v) is 12.6. The highest BCUT2D eigenvalue weighted by atomic mass is 15.3. The first-order valence-electron chi connectivity index (χ1n) is 7.41. The van der Waals surface area contributed by atoms with Gasteiger partial charge >= 0.3 is 0 Å². The molecule has 0 radical (unpaired) electrons. The molecule has 0 saturated carbocycles. The Hall–Kier alpha value is -1.62. The third-order valence-corrected chi connectivity index (χ3v) is 4.10. The van der Waals surface area contributed by atoms with Gasteiger partial charge in [-0.2, -0.15) is 5.10 Å². The first-order valence-corrected chi connectivity index (χ1v) is 7.41. The van der Waals surface area contributed by atoms with E-state index in [1.54, 1.807) is 0 Å². The fourth-order valence-electron chi connectivity index (χ4n) is 3.20. The van der Waals surface area contributed by atoms with Crippen LogP contribution in [0.15, 0.2) is 6.33 Å². The molecular weight excluding hydrogens is 250 g/mol. The second-order valence-electron chi connectivity index (χ2n) is 5.91. The van der Waals surface area contributed by atoms with Crippen LogP contribution in [-0.4, -0.2) is 25.4 Å². The number of aryl methyl sites for hydroxylation is 3. The van der Waals surface area contributed by atoms with Gasteiger partial charge in [0.1, 0.15) is 12.1 Å². The van der Waals surface area contributed by atoms with Crippen LogP contribution in [0.3, 0.4) is 0 Å². The van der Waals surface area contributed by atoms with Crippen LogP contribution in [0.2, 0.25) is 0 Å². The number of imidazole rings is 1. The fourth-order valence-corrected chi connectivity index (χ4v) is 3.20. The van der Waals surface area contributed by atoms with Crippen molar-refractivity contribution in [2.24, 2.45) is 12.8 Å². The SMILES string of the molecule is Cc1nn(C)c(-n2cnc3c2CCCC3)c1CC(C)N. The van der Waals surface area contributed by atoms with Gasteiger partial charge in [-0.05, 0) is 46.0 Å². The Labute approximate surface area is 119 Å². The van der Waals surface area contributed by atoms with Crippen molar-refractivity contribution in [1.29, 1.82) is 0 Å². The van der Waals surface area contributed by atoms with Gasteiger partial charge in [-0.1, -0.05) is 0 Å². The lowest BCUT2D eigenvalue weighted by Crippen LogP contribution is -2.20. The van der Waals surface area contributed by atoms with Crippen molar-refractivity contribution in [2.75, 3.05) is 0 Å². The predicted molar refractivity (Wildman–Crippen MR) is 79.1 cm³/mol. The number of rotatable bonds is 3. The van der Waals surface area contributed by atoms with Crippen molar-refractivity contribution < 1.29 is 0 Å². The molecule has 2 N–H and O–H groups in total. The average molecular weight is 273 g/mol. The van der Waals surface area contributed by atoms with Crippen LogP contribution in [0, 0.1) is 6.92 Å². The van der Waals surface area contributed by atoms with Gasteiger partial charge in [0, 0.05) is 24.3 Å². The van der Waals surface area contributed by atoms with Crippen LogP contribution >= 0.6 is 0 Å². The second kappa shape index (κ2) is 5.05. The maximum absolute atomic E-state index is 6.00. The number of aromatic nitrogens is 4. The van der Waals surface area contributed by atoms with Crippen molar-refractivity contribution in [3.8, 4) is 5.82 Å². The number of hydrogen-bond acceptors (Lipinski definition) is 3. The Bertz CT molecular complexity index is 620. The highest BCUT2D eigenvalue weighted by molar-refractivity contribution is 5.41. The van der Waals surface area contributed by atoms with Gasteiger partial charge in [0.25, 0.3) is 0 Å². The minimum Gasteiger partial charge on any atom is -0.328 e. The molecule has 0 amide bonds. The minimum atomic E-state index is 0.135. The van der Waals surface area contributed by atoms with Crippen molar-refractivity contribution in [3.63, 3.8) is 0 Å². The summed E-state index contributed by atoms with van der Waals surface area (Å²) < 4.78 is 4.19. The molecule has 1 aliphatic carbocycles. The molecule has 0 fully saturated rings. The molecule has 5 heteroatoms. The summed E-state index contributed by atoms with van der Waals surface area (Å²) in [4.78, 5) is 4.59. The Balaban J connectivity index is 2.12. The van der Waals surface area contributed by atoms with Crippen molar-refractivity contribution in [2.45, 2.75) is 52.0 Å². The van der Waals surface area contributed by atoms with E-state index in [4.69, 9.17) is 5.73 Å². The van der Waals surface area contributed by atoms with Crippen molar-refractivity contribution in [1.82, 2.24) is 19.3 Å². The lowest BCUT2D eigenvalue weighted by atomic mass is 10.0. The van der Waals surface area contributed by atoms with Gasteiger partial charge in [0.2, 0.25) is 0 Å². The summed E-state index contributed by atoms with van der Waals surface area (Å²) in [5, 5.41) is 4.58. The molecule has 2 aromatic rings. The van der Waals surface area contributed by atoms with Gasteiger partial charge in [-0.15, -0.1) is 0 Å². The first kappa shape index (κ1) is 13.4. The zero-order chi connectivity index (χ0) is 14.3. The van der Waals surface area contributed by atoms with Crippen molar-refractivity contribution in [3.05, 3.63) is 29.0 Å². The molecule has 1 aliphatic rings. The Morgan fingerprint density at radius 1 is 1.35 bits per heavy atom. The molecule has 108 valence electrons. The molecule has 0 aliphatic heterocycles. The summed E-state index contributed by atoms with van der Waals surface area (Å²) in [6, 6.07) is 0.135. The molecule has 5 nitrogen and oxygen atoms in total. The number of fused-ring (bicyclic) bond motifs is 1. The van der Waals surface area contributed by atoms with Crippen molar-refractivity contribution >= 4 is 0 Å². The molecule has 0 aromatic carbocycles. The number of nitrogens with zero attached hydrogens (tertiary/aromatic N) is 4. The van der Waals surface area contributed by atoms with Crippen LogP contribution in [0.25, 0.3) is 5.82 Å². The lowest BCUT2D eigenvalue weighted by Gasteiger charge is -2.16. The molecule has 20 heavy (non-hydrogen) atoms.